The second-order valence-corrected chi connectivity index (χ2v) is 7.62. The maximum Gasteiger partial charge on any atom is 1.00 e. The Hall–Kier alpha value is 1.79. The van der Waals surface area contributed by atoms with Gasteiger partial charge in [-0.15, -0.1) is 21.6 Å². The molecule has 0 bridgehead atoms. The summed E-state index contributed by atoms with van der Waals surface area (Å²) in [6.07, 6.45) is 11.3. The van der Waals surface area contributed by atoms with Gasteiger partial charge in [-0.2, -0.15) is 0 Å². The van der Waals surface area contributed by atoms with Crippen LogP contribution in [-0.2, 0) is 63.9 Å². The molecule has 2 radical (unpaired) electrons. The number of nitrogens with two attached hydrogens (primary N) is 1. The van der Waals surface area contributed by atoms with E-state index in [1.165, 1.54) is 55.3 Å². The van der Waals surface area contributed by atoms with Crippen LogP contribution < -0.4 is 51.7 Å². The van der Waals surface area contributed by atoms with Crippen LogP contribution in [0.3, 0.4) is 0 Å². The average molecular weight is 751 g/mol. The minimum atomic E-state index is 0. The molecule has 8 N–H and O–H groups in total. The fourth-order valence-electron chi connectivity index (χ4n) is 0.676. The van der Waals surface area contributed by atoms with Crippen LogP contribution in [0.4, 0.5) is 8.96 Å². The Morgan fingerprint density at radius 1 is 1.05 bits per heavy atom. The molecule has 4 unspecified atom stereocenters. The summed E-state index contributed by atoms with van der Waals surface area (Å²) in [6.45, 7) is 17.7. The van der Waals surface area contributed by atoms with E-state index in [4.69, 9.17) is 5.73 Å². The van der Waals surface area contributed by atoms with Gasteiger partial charge >= 0.3 is 55.3 Å². The van der Waals surface area contributed by atoms with E-state index in [1.54, 1.807) is 4.97 Å². The Balaban J connectivity index is -0.0000000217. The zero-order valence-corrected chi connectivity index (χ0v) is 34.3. The second-order valence-electron chi connectivity index (χ2n) is 6.64. The van der Waals surface area contributed by atoms with Crippen LogP contribution in [0.15, 0.2) is 21.8 Å². The number of rotatable bonds is 10. The summed E-state index contributed by atoms with van der Waals surface area (Å²) in [7, 11) is 4.87. The number of nitrogens with zero attached hydrogens (tertiary/aromatic N) is 2. The quantitative estimate of drug-likeness (QED) is 0.117. The first-order valence-electron chi connectivity index (χ1n) is 11.2. The molecule has 0 saturated carbocycles. The Morgan fingerprint density at radius 3 is 1.44 bits per heavy atom. The number of carbonyl (C=O) groups is 2. The van der Waals surface area contributed by atoms with Crippen molar-refractivity contribution in [3.05, 3.63) is 12.8 Å². The van der Waals surface area contributed by atoms with E-state index in [-0.39, 0.29) is 84.6 Å². The largest absolute Gasteiger partial charge is 1.00 e. The van der Waals surface area contributed by atoms with Gasteiger partial charge in [0.2, 0.25) is 12.8 Å². The Morgan fingerprint density at radius 2 is 1.38 bits per heavy atom. The van der Waals surface area contributed by atoms with Crippen molar-refractivity contribution in [1.82, 2.24) is 10.6 Å². The van der Waals surface area contributed by atoms with E-state index in [0.29, 0.717) is 24.5 Å². The molecule has 9 nitrogen and oxygen atoms in total. The van der Waals surface area contributed by atoms with Gasteiger partial charge in [-0.1, -0.05) is 56.6 Å². The summed E-state index contributed by atoms with van der Waals surface area (Å²) in [4.78, 5) is 20.7. The van der Waals surface area contributed by atoms with Crippen molar-refractivity contribution in [2.24, 2.45) is 14.7 Å². The molecule has 39 heavy (non-hydrogen) atoms. The van der Waals surface area contributed by atoms with Crippen LogP contribution in [-0.4, -0.2) is 42.6 Å². The number of nitrogens with one attached hydrogen (secondary N) is 2. The van der Waals surface area contributed by atoms with E-state index in [1.807, 2.05) is 24.8 Å². The number of amides is 2. The molecular weight excluding hydrogens is 695 g/mol. The molecule has 0 aromatic heterocycles. The van der Waals surface area contributed by atoms with Gasteiger partial charge in [-0.3, -0.25) is 9.59 Å². The van der Waals surface area contributed by atoms with E-state index in [0.717, 1.165) is 19.3 Å². The van der Waals surface area contributed by atoms with Gasteiger partial charge in [0.15, 0.2) is 0 Å². The molecule has 0 fully saturated rings. The van der Waals surface area contributed by atoms with Gasteiger partial charge in [0.1, 0.15) is 0 Å². The molecule has 18 heteroatoms. The van der Waals surface area contributed by atoms with E-state index < -0.39 is 0 Å². The van der Waals surface area contributed by atoms with Crippen LogP contribution in [0.25, 0.3) is 0 Å². The maximum atomic E-state index is 9.89. The van der Waals surface area contributed by atoms with Crippen molar-refractivity contribution in [2.75, 3.05) is 6.16 Å². The molecule has 0 rings (SSSR count). The van der Waals surface area contributed by atoms with Gasteiger partial charge in [0, 0.05) is 58.2 Å². The minimum absolute atomic E-state index is 0. The number of hydrogen-bond donors (Lipinski definition) is 4. The van der Waals surface area contributed by atoms with Crippen molar-refractivity contribution in [2.45, 2.75) is 105 Å². The van der Waals surface area contributed by atoms with Crippen molar-refractivity contribution in [3.63, 3.8) is 0 Å². The van der Waals surface area contributed by atoms with Crippen LogP contribution in [0.1, 0.15) is 87.0 Å². The molecular formula is C21H55ClF2N6NaO3P2V3+. The molecule has 0 saturated heterocycles. The molecule has 0 aliphatic heterocycles. The molecule has 0 aliphatic carbocycles. The zero-order chi connectivity index (χ0) is 28.6. The van der Waals surface area contributed by atoms with Gasteiger partial charge in [0.25, 0.3) is 0 Å². The van der Waals surface area contributed by atoms with Crippen molar-refractivity contribution >= 4 is 43.5 Å². The number of carbonyl (C=O) groups excluding carboxylic acids is 2. The first-order valence-corrected chi connectivity index (χ1v) is 13.1. The summed E-state index contributed by atoms with van der Waals surface area (Å²) < 4.78 is 21.7. The Bertz CT molecular complexity index is 380. The molecule has 4 atom stereocenters. The monoisotopic (exact) mass is 750 g/mol. The van der Waals surface area contributed by atoms with Crippen LogP contribution >= 0.6 is 30.7 Å². The number of halogens is 3. The molecule has 0 spiro atoms. The van der Waals surface area contributed by atoms with E-state index in [9.17, 15) is 18.6 Å². The van der Waals surface area contributed by atoms with Crippen LogP contribution in [0, 0.1) is 0 Å². The second kappa shape index (κ2) is 97.4. The third kappa shape index (κ3) is 228. The fraction of sp³-hybridized carbons (Fsp3) is 0.810. The summed E-state index contributed by atoms with van der Waals surface area (Å²) in [5.74, 6) is 0. The van der Waals surface area contributed by atoms with Crippen LogP contribution in [0.2, 0.25) is 0 Å². The minimum Gasteiger partial charge on any atom is -0.870 e. The zero-order valence-electron chi connectivity index (χ0n) is 25.1. The van der Waals surface area contributed by atoms with Gasteiger partial charge in [0.05, 0.1) is 6.04 Å². The third-order valence-corrected chi connectivity index (χ3v) is 3.71. The molecule has 0 aromatic carbocycles. The number of unbranched alkanes of at least 4 members (excludes halogenated alkanes) is 2. The maximum absolute atomic E-state index is 9.89. The molecule has 0 aliphatic rings. The van der Waals surface area contributed by atoms with Crippen molar-refractivity contribution in [1.29, 1.82) is 0 Å². The summed E-state index contributed by atoms with van der Waals surface area (Å²) in [6, 6.07) is 1.35. The summed E-state index contributed by atoms with van der Waals surface area (Å²) >= 11 is 1.42. The predicted octanol–water partition coefficient (Wildman–Crippen LogP) is 2.27. The Kier molecular flexibility index (Phi) is 195. The first kappa shape index (κ1) is 77.9. The normalized spacial score (nSPS) is 8.90. The first-order chi connectivity index (χ1) is 16.0. The summed E-state index contributed by atoms with van der Waals surface area (Å²) in [5, 5.41) is 4.81. The van der Waals surface area contributed by atoms with Gasteiger partial charge in [-0.05, 0) is 58.8 Å². The third-order valence-electron chi connectivity index (χ3n) is 3.30. The predicted molar refractivity (Wildman–Crippen MR) is 154 cm³/mol. The molecule has 2 amide bonds. The van der Waals surface area contributed by atoms with Crippen molar-refractivity contribution in [3.8, 4) is 0 Å². The van der Waals surface area contributed by atoms with Gasteiger partial charge < -0.3 is 27.6 Å². The molecule has 233 valence electrons. The van der Waals surface area contributed by atoms with Gasteiger partial charge in [-0.25, -0.2) is 0 Å². The summed E-state index contributed by atoms with van der Waals surface area (Å²) in [5.41, 5.74) is 9.05. The smallest absolute Gasteiger partial charge is 0.870 e. The standard InChI is InChI=1S/C5H11NO.C5H13P.2C4H11N.C3H5NO.ClH.FHNP.FN.Na.H2O.3V/c1-3-5(2)6-4-7;1-2-3-4-5-6;2*1-3-4(2)5;1-2-4-3-5;;1-2-3;1-2;;;;;/h4-5H,3H2,1-2H3,(H,6,7);2-6H2,1H3;2*4H,3,5H2,1-2H3;2-3H,1H2,(H,4,5);1H;3H;;;1H2;;;/q;;;;;;;;+1;;;;. The van der Waals surface area contributed by atoms with Crippen LogP contribution in [0.5, 0.6) is 0 Å². The number of hydrogen-bond acceptors (Lipinski definition) is 6. The van der Waals surface area contributed by atoms with E-state index >= 15 is 0 Å². The van der Waals surface area contributed by atoms with Crippen molar-refractivity contribution < 1.29 is 114 Å². The molecule has 0 heterocycles. The van der Waals surface area contributed by atoms with E-state index in [2.05, 4.69) is 68.9 Å². The number of quaternary nitrogens is 1. The topological polar surface area (TPSA) is 167 Å². The Labute approximate surface area is 303 Å². The molecule has 0 aromatic rings. The SMILES string of the molecule is C=CNC=O.CCC(C)N.CCC(C)NC=O.CCC(C)[NH3+].CCCCCP.Cl.FN=P.F[N]=[V].[Na+].[OH-].[V].[V]. The fourth-order valence-corrected chi connectivity index (χ4v) is 0.965. The average Bonchev–Trinajstić information content (AvgIpc) is 2.81.